The van der Waals surface area contributed by atoms with E-state index < -0.39 is 93.2 Å². The molecule has 0 aliphatic rings. The van der Waals surface area contributed by atoms with Gasteiger partial charge in [0.2, 0.25) is 0 Å². The van der Waals surface area contributed by atoms with Crippen molar-refractivity contribution in [2.24, 2.45) is 0 Å². The van der Waals surface area contributed by atoms with Crippen LogP contribution in [0.1, 0.15) is 6.42 Å². The van der Waals surface area contributed by atoms with E-state index in [1.165, 1.54) is 0 Å². The predicted molar refractivity (Wildman–Crippen MR) is 103 cm³/mol. The number of nitrogens with zero attached hydrogens (tertiary/aromatic N) is 1. The molecule has 284 valence electrons. The molecule has 0 spiro atoms. The van der Waals surface area contributed by atoms with Crippen molar-refractivity contribution in [2.45, 2.75) is 78.0 Å². The number of halogens is 25. The van der Waals surface area contributed by atoms with Crippen LogP contribution in [0.3, 0.4) is 0 Å². The molecule has 1 heterocycles. The van der Waals surface area contributed by atoms with Crippen molar-refractivity contribution in [2.75, 3.05) is 0 Å². The monoisotopic (exact) mass is 809 g/mol. The molecule has 0 aliphatic heterocycles. The Kier molecular flexibility index (Phi) is 12.2. The molecule has 0 fully saturated rings. The molecular formula is C18H8ClF24NO3S. The van der Waals surface area contributed by atoms with Gasteiger partial charge in [0, 0.05) is 12.1 Å². The second-order valence-electron chi connectivity index (χ2n) is 8.66. The maximum atomic E-state index is 13.9. The predicted octanol–water partition coefficient (Wildman–Crippen LogP) is 8.35. The van der Waals surface area contributed by atoms with Gasteiger partial charge in [-0.2, -0.15) is 110 Å². The van der Waals surface area contributed by atoms with Crippen LogP contribution in [0.15, 0.2) is 24.4 Å². The van der Waals surface area contributed by atoms with Gasteiger partial charge in [-0.3, -0.25) is 0 Å². The molecule has 1 aromatic heterocycles. The standard InChI is InChI=1S/C17H8ClF21N.CHF3O3S/c18-7-3-1-2-5-40(7)6-4-8(19,20)9(21,22)10(23,24)11(25,26)12(27,28)13(29,30)14(31,32)15(33,34)16(35,36)17(37,38)39;2-1(3,4)8(5,6)7/h1-3,5H,4,6H2;(H,5,6,7)/q+1;/p-1. The van der Waals surface area contributed by atoms with E-state index in [4.69, 9.17) is 24.6 Å². The van der Waals surface area contributed by atoms with Gasteiger partial charge in [0.05, 0.1) is 6.42 Å². The van der Waals surface area contributed by atoms with Gasteiger partial charge in [-0.25, -0.2) is 8.42 Å². The van der Waals surface area contributed by atoms with Gasteiger partial charge in [0.15, 0.2) is 22.9 Å². The minimum Gasteiger partial charge on any atom is -0.741 e. The van der Waals surface area contributed by atoms with E-state index in [9.17, 15) is 105 Å². The lowest BCUT2D eigenvalue weighted by Gasteiger charge is -2.44. The second kappa shape index (κ2) is 12.8. The number of pyridine rings is 1. The van der Waals surface area contributed by atoms with Gasteiger partial charge >= 0.3 is 65.0 Å². The fourth-order valence-corrected chi connectivity index (χ4v) is 2.86. The minimum absolute atomic E-state index is 0.327. The maximum Gasteiger partial charge on any atom is 0.485 e. The zero-order chi connectivity index (χ0) is 39.4. The molecule has 0 bridgehead atoms. The van der Waals surface area contributed by atoms with Crippen molar-refractivity contribution < 1.29 is 123 Å². The molecule has 0 N–H and O–H groups in total. The molecule has 48 heavy (non-hydrogen) atoms. The Morgan fingerprint density at radius 1 is 0.542 bits per heavy atom. The van der Waals surface area contributed by atoms with E-state index in [1.54, 1.807) is 0 Å². The van der Waals surface area contributed by atoms with Gasteiger partial charge in [-0.15, -0.1) is 0 Å². The van der Waals surface area contributed by atoms with Crippen LogP contribution >= 0.6 is 11.6 Å². The zero-order valence-electron chi connectivity index (χ0n) is 21.3. The normalized spacial score (nSPS) is 15.6. The van der Waals surface area contributed by atoms with E-state index in [2.05, 4.69) is 0 Å². The summed E-state index contributed by atoms with van der Waals surface area (Å²) in [5.41, 5.74) is -5.65. The van der Waals surface area contributed by atoms with Crippen LogP contribution in [0, 0.1) is 0 Å². The molecule has 1 aromatic rings. The summed E-state index contributed by atoms with van der Waals surface area (Å²) in [5, 5.41) is -0.622. The summed E-state index contributed by atoms with van der Waals surface area (Å²) in [4.78, 5) is 0. The third-order valence-electron chi connectivity index (χ3n) is 5.41. The molecule has 0 unspecified atom stereocenters. The zero-order valence-corrected chi connectivity index (χ0v) is 22.8. The Balaban J connectivity index is 0.00000243. The van der Waals surface area contributed by atoms with Gasteiger partial charge in [-0.1, -0.05) is 0 Å². The van der Waals surface area contributed by atoms with Crippen molar-refractivity contribution in [3.63, 3.8) is 0 Å². The molecule has 4 nitrogen and oxygen atoms in total. The van der Waals surface area contributed by atoms with Crippen molar-refractivity contribution in [3.05, 3.63) is 29.5 Å². The lowest BCUT2D eigenvalue weighted by molar-refractivity contribution is -0.698. The number of hydrogen-bond donors (Lipinski definition) is 0. The van der Waals surface area contributed by atoms with Crippen LogP contribution in [0.2, 0.25) is 5.15 Å². The van der Waals surface area contributed by atoms with Crippen LogP contribution < -0.4 is 4.57 Å². The third kappa shape index (κ3) is 7.26. The topological polar surface area (TPSA) is 61.1 Å². The number of aryl methyl sites for hydroxylation is 1. The van der Waals surface area contributed by atoms with Crippen LogP contribution in [0.25, 0.3) is 0 Å². The Morgan fingerprint density at radius 3 is 1.10 bits per heavy atom. The number of rotatable bonds is 11. The Morgan fingerprint density at radius 2 is 0.833 bits per heavy atom. The van der Waals surface area contributed by atoms with Crippen molar-refractivity contribution in [1.82, 2.24) is 0 Å². The van der Waals surface area contributed by atoms with Crippen LogP contribution in [-0.4, -0.2) is 78.0 Å². The average Bonchev–Trinajstić information content (AvgIpc) is 2.85. The van der Waals surface area contributed by atoms with E-state index in [0.717, 1.165) is 18.2 Å². The van der Waals surface area contributed by atoms with Gasteiger partial charge < -0.3 is 4.55 Å². The van der Waals surface area contributed by atoms with E-state index in [-0.39, 0.29) is 0 Å². The molecule has 1 rings (SSSR count). The van der Waals surface area contributed by atoms with Crippen LogP contribution in [0.4, 0.5) is 105 Å². The van der Waals surface area contributed by atoms with E-state index >= 15 is 0 Å². The van der Waals surface area contributed by atoms with E-state index in [0.29, 0.717) is 10.8 Å². The largest absolute Gasteiger partial charge is 0.741 e. The fourth-order valence-electron chi connectivity index (χ4n) is 2.65. The average molecular weight is 810 g/mol. The first-order valence-electron chi connectivity index (χ1n) is 10.6. The van der Waals surface area contributed by atoms with Crippen molar-refractivity contribution >= 4 is 21.7 Å². The highest BCUT2D eigenvalue weighted by atomic mass is 35.5. The molecule has 0 saturated heterocycles. The van der Waals surface area contributed by atoms with Crippen molar-refractivity contribution in [3.8, 4) is 0 Å². The molecule has 0 atom stereocenters. The first kappa shape index (κ1) is 45.7. The first-order chi connectivity index (χ1) is 20.5. The van der Waals surface area contributed by atoms with Crippen LogP contribution in [-0.2, 0) is 16.7 Å². The summed E-state index contributed by atoms with van der Waals surface area (Å²) in [7, 11) is -6.09. The summed E-state index contributed by atoms with van der Waals surface area (Å²) in [5.74, 6) is -76.9. The van der Waals surface area contributed by atoms with Crippen molar-refractivity contribution in [1.29, 1.82) is 0 Å². The molecule has 30 heteroatoms. The summed E-state index contributed by atoms with van der Waals surface area (Å²) < 4.78 is 339. The number of hydrogen-bond acceptors (Lipinski definition) is 3. The fraction of sp³-hybridized carbons (Fsp3) is 0.722. The lowest BCUT2D eigenvalue weighted by atomic mass is 9.86. The smallest absolute Gasteiger partial charge is 0.485 e. The Hall–Kier alpha value is -2.33. The lowest BCUT2D eigenvalue weighted by Crippen LogP contribution is -2.76. The highest BCUT2D eigenvalue weighted by Gasteiger charge is 2.97. The summed E-state index contributed by atoms with van der Waals surface area (Å²) in [6.07, 6.45) is -10.1. The maximum absolute atomic E-state index is 13.9. The van der Waals surface area contributed by atoms with Gasteiger partial charge in [0.1, 0.15) is 0 Å². The van der Waals surface area contributed by atoms with Gasteiger partial charge in [-0.05, 0) is 17.7 Å². The third-order valence-corrected chi connectivity index (χ3v) is 6.32. The minimum atomic E-state index is -9.18. The highest BCUT2D eigenvalue weighted by molar-refractivity contribution is 7.86. The Labute approximate surface area is 253 Å². The Bertz CT molecular complexity index is 1390. The van der Waals surface area contributed by atoms with Crippen LogP contribution in [0.5, 0.6) is 0 Å². The number of alkyl halides is 24. The number of aromatic nitrogens is 1. The summed E-state index contributed by atoms with van der Waals surface area (Å²) >= 11 is 5.40. The molecule has 0 radical (unpaired) electrons. The molecular weight excluding hydrogens is 802 g/mol. The van der Waals surface area contributed by atoms with Gasteiger partial charge in [0.25, 0.3) is 5.15 Å². The molecule has 0 saturated carbocycles. The molecule has 0 aliphatic carbocycles. The molecule has 0 aromatic carbocycles. The molecule has 0 amide bonds. The highest BCUT2D eigenvalue weighted by Crippen LogP contribution is 2.66. The quantitative estimate of drug-likeness (QED) is 0.0743. The van der Waals surface area contributed by atoms with E-state index in [1.807, 2.05) is 0 Å². The SMILES string of the molecule is FC(F)(F)C(F)(F)C(F)(F)C(F)(F)C(F)(F)C(F)(F)C(F)(F)C(F)(F)C(F)(F)C(F)(F)CC[n+]1ccccc1Cl.O=S(=O)([O-])C(F)(F)F. The summed E-state index contributed by atoms with van der Waals surface area (Å²) in [6.45, 7) is -1.63. The first-order valence-corrected chi connectivity index (χ1v) is 12.4. The second-order valence-corrected chi connectivity index (χ2v) is 10.4. The summed E-state index contributed by atoms with van der Waals surface area (Å²) in [6, 6.07) is 2.86.